The largest absolute Gasteiger partial charge is 0.338 e. The van der Waals surface area contributed by atoms with E-state index in [-0.39, 0.29) is 0 Å². The monoisotopic (exact) mass is 213 g/mol. The number of benzene rings is 1. The molecular formula is C13H15N3. The molecule has 0 atom stereocenters. The zero-order valence-electron chi connectivity index (χ0n) is 9.40. The fraction of sp³-hybridized carbons (Fsp3) is 0.308. The molecule has 0 bridgehead atoms. The number of hydrogen-bond donors (Lipinski definition) is 1. The lowest BCUT2D eigenvalue weighted by atomic mass is 10.1. The van der Waals surface area contributed by atoms with Gasteiger partial charge in [-0.15, -0.1) is 0 Å². The molecule has 2 aromatic rings. The third kappa shape index (κ3) is 1.63. The molecule has 1 aromatic carbocycles. The highest BCUT2D eigenvalue weighted by molar-refractivity contribution is 5.78. The molecule has 3 rings (SSSR count). The zero-order chi connectivity index (χ0) is 11.0. The number of para-hydroxylation sites is 2. The number of aromatic amines is 1. The Morgan fingerprint density at radius 1 is 1.31 bits per heavy atom. The van der Waals surface area contributed by atoms with Crippen LogP contribution < -0.4 is 0 Å². The van der Waals surface area contributed by atoms with Gasteiger partial charge in [-0.2, -0.15) is 0 Å². The molecule has 0 aliphatic carbocycles. The average Bonchev–Trinajstić information content (AvgIpc) is 2.73. The quantitative estimate of drug-likeness (QED) is 0.788. The Bertz CT molecular complexity index is 506. The maximum atomic E-state index is 4.62. The van der Waals surface area contributed by atoms with Crippen LogP contribution in [0.25, 0.3) is 16.6 Å². The SMILES string of the molecule is CN1CC=C(c2nc3ccccc3[nH]2)CC1. The highest BCUT2D eigenvalue weighted by Crippen LogP contribution is 2.21. The van der Waals surface area contributed by atoms with Crippen LogP contribution in [0.15, 0.2) is 30.3 Å². The number of aromatic nitrogens is 2. The highest BCUT2D eigenvalue weighted by atomic mass is 15.1. The molecule has 0 radical (unpaired) electrons. The molecule has 3 nitrogen and oxygen atoms in total. The van der Waals surface area contributed by atoms with E-state index >= 15 is 0 Å². The molecule has 1 aliphatic rings. The van der Waals surface area contributed by atoms with Crippen molar-refractivity contribution in [2.45, 2.75) is 6.42 Å². The van der Waals surface area contributed by atoms with E-state index < -0.39 is 0 Å². The van der Waals surface area contributed by atoms with Gasteiger partial charge in [0.15, 0.2) is 0 Å². The van der Waals surface area contributed by atoms with Crippen molar-refractivity contribution in [2.75, 3.05) is 20.1 Å². The molecule has 1 N–H and O–H groups in total. The molecule has 0 unspecified atom stereocenters. The van der Waals surface area contributed by atoms with Crippen LogP contribution in [0.1, 0.15) is 12.2 Å². The Hall–Kier alpha value is -1.61. The first kappa shape index (κ1) is 9.60. The number of hydrogen-bond acceptors (Lipinski definition) is 2. The van der Waals surface area contributed by atoms with E-state index in [9.17, 15) is 0 Å². The number of H-pyrrole nitrogens is 1. The van der Waals surface area contributed by atoms with Crippen LogP contribution in [-0.4, -0.2) is 35.0 Å². The standard InChI is InChI=1S/C13H15N3/c1-16-8-6-10(7-9-16)13-14-11-4-2-3-5-12(11)15-13/h2-6H,7-9H2,1H3,(H,14,15). The summed E-state index contributed by atoms with van der Waals surface area (Å²) in [6, 6.07) is 8.18. The van der Waals surface area contributed by atoms with Crippen LogP contribution in [0.3, 0.4) is 0 Å². The normalized spacial score (nSPS) is 17.7. The van der Waals surface area contributed by atoms with Crippen LogP contribution >= 0.6 is 0 Å². The molecule has 2 heterocycles. The fourth-order valence-electron chi connectivity index (χ4n) is 2.09. The maximum absolute atomic E-state index is 4.62. The molecule has 1 aliphatic heterocycles. The minimum Gasteiger partial charge on any atom is -0.338 e. The minimum atomic E-state index is 1.02. The van der Waals surface area contributed by atoms with E-state index in [0.29, 0.717) is 0 Å². The maximum Gasteiger partial charge on any atom is 0.134 e. The Morgan fingerprint density at radius 3 is 2.94 bits per heavy atom. The van der Waals surface area contributed by atoms with Gasteiger partial charge in [-0.25, -0.2) is 4.98 Å². The van der Waals surface area contributed by atoms with Crippen molar-refractivity contribution in [2.24, 2.45) is 0 Å². The van der Waals surface area contributed by atoms with E-state index in [1.807, 2.05) is 18.2 Å². The van der Waals surface area contributed by atoms with Gasteiger partial charge in [0, 0.05) is 13.1 Å². The summed E-state index contributed by atoms with van der Waals surface area (Å²) in [6.07, 6.45) is 3.34. The van der Waals surface area contributed by atoms with Crippen molar-refractivity contribution in [3.05, 3.63) is 36.2 Å². The molecule has 0 spiro atoms. The van der Waals surface area contributed by atoms with Crippen LogP contribution in [0.5, 0.6) is 0 Å². The van der Waals surface area contributed by atoms with Crippen molar-refractivity contribution in [3.8, 4) is 0 Å². The Balaban J connectivity index is 2.00. The van der Waals surface area contributed by atoms with Gasteiger partial charge in [0.2, 0.25) is 0 Å². The zero-order valence-corrected chi connectivity index (χ0v) is 9.40. The van der Waals surface area contributed by atoms with E-state index in [2.05, 4.69) is 34.1 Å². The molecular weight excluding hydrogens is 198 g/mol. The number of imidazole rings is 1. The van der Waals surface area contributed by atoms with Gasteiger partial charge in [0.25, 0.3) is 0 Å². The Morgan fingerprint density at radius 2 is 2.19 bits per heavy atom. The first-order valence-corrected chi connectivity index (χ1v) is 5.65. The molecule has 82 valence electrons. The number of rotatable bonds is 1. The van der Waals surface area contributed by atoms with Crippen LogP contribution in [0.2, 0.25) is 0 Å². The lowest BCUT2D eigenvalue weighted by Crippen LogP contribution is -2.23. The molecule has 3 heteroatoms. The van der Waals surface area contributed by atoms with Crippen LogP contribution in [-0.2, 0) is 0 Å². The first-order valence-electron chi connectivity index (χ1n) is 5.65. The van der Waals surface area contributed by atoms with Gasteiger partial charge in [-0.1, -0.05) is 18.2 Å². The van der Waals surface area contributed by atoms with Crippen molar-refractivity contribution in [3.63, 3.8) is 0 Å². The molecule has 0 saturated heterocycles. The summed E-state index contributed by atoms with van der Waals surface area (Å²) in [4.78, 5) is 10.3. The second kappa shape index (κ2) is 3.76. The summed E-state index contributed by atoms with van der Waals surface area (Å²) in [6.45, 7) is 2.13. The summed E-state index contributed by atoms with van der Waals surface area (Å²) >= 11 is 0. The second-order valence-electron chi connectivity index (χ2n) is 4.34. The van der Waals surface area contributed by atoms with Crippen molar-refractivity contribution < 1.29 is 0 Å². The van der Waals surface area contributed by atoms with Crippen molar-refractivity contribution >= 4 is 16.6 Å². The molecule has 16 heavy (non-hydrogen) atoms. The third-order valence-corrected chi connectivity index (χ3v) is 3.11. The van der Waals surface area contributed by atoms with E-state index in [1.54, 1.807) is 0 Å². The topological polar surface area (TPSA) is 31.9 Å². The van der Waals surface area contributed by atoms with Crippen molar-refractivity contribution in [1.82, 2.24) is 14.9 Å². The smallest absolute Gasteiger partial charge is 0.134 e. The predicted octanol–water partition coefficient (Wildman–Crippen LogP) is 2.28. The van der Waals surface area contributed by atoms with Gasteiger partial charge in [-0.3, -0.25) is 0 Å². The van der Waals surface area contributed by atoms with Crippen LogP contribution in [0, 0.1) is 0 Å². The number of nitrogens with one attached hydrogen (secondary N) is 1. The molecule has 0 saturated carbocycles. The first-order chi connectivity index (χ1) is 7.83. The second-order valence-corrected chi connectivity index (χ2v) is 4.34. The van der Waals surface area contributed by atoms with Gasteiger partial charge in [-0.05, 0) is 31.2 Å². The summed E-state index contributed by atoms with van der Waals surface area (Å²) in [5, 5.41) is 0. The average molecular weight is 213 g/mol. The van der Waals surface area contributed by atoms with Crippen molar-refractivity contribution in [1.29, 1.82) is 0 Å². The van der Waals surface area contributed by atoms with Gasteiger partial charge < -0.3 is 9.88 Å². The predicted molar refractivity (Wildman–Crippen MR) is 66.2 cm³/mol. The summed E-state index contributed by atoms with van der Waals surface area (Å²) in [5.41, 5.74) is 3.52. The van der Waals surface area contributed by atoms with E-state index in [0.717, 1.165) is 36.4 Å². The number of likely N-dealkylation sites (N-methyl/N-ethyl adjacent to an activating group) is 1. The van der Waals surface area contributed by atoms with Gasteiger partial charge in [0.1, 0.15) is 5.82 Å². The summed E-state index contributed by atoms with van der Waals surface area (Å²) in [7, 11) is 2.14. The molecule has 0 fully saturated rings. The van der Waals surface area contributed by atoms with Gasteiger partial charge in [0.05, 0.1) is 11.0 Å². The van der Waals surface area contributed by atoms with Crippen LogP contribution in [0.4, 0.5) is 0 Å². The van der Waals surface area contributed by atoms with Gasteiger partial charge >= 0.3 is 0 Å². The highest BCUT2D eigenvalue weighted by Gasteiger charge is 2.12. The summed E-state index contributed by atoms with van der Waals surface area (Å²) in [5.74, 6) is 1.04. The van der Waals surface area contributed by atoms with E-state index in [4.69, 9.17) is 0 Å². The fourth-order valence-corrected chi connectivity index (χ4v) is 2.09. The van der Waals surface area contributed by atoms with E-state index in [1.165, 1.54) is 5.57 Å². The Labute approximate surface area is 94.8 Å². The number of fused-ring (bicyclic) bond motifs is 1. The minimum absolute atomic E-state index is 1.02. The molecule has 0 amide bonds. The third-order valence-electron chi connectivity index (χ3n) is 3.11. The number of nitrogens with zero attached hydrogens (tertiary/aromatic N) is 2. The molecule has 1 aromatic heterocycles. The lowest BCUT2D eigenvalue weighted by molar-refractivity contribution is 0.369. The summed E-state index contributed by atoms with van der Waals surface area (Å²) < 4.78 is 0. The lowest BCUT2D eigenvalue weighted by Gasteiger charge is -2.20. The Kier molecular flexibility index (Phi) is 2.26.